The van der Waals surface area contributed by atoms with Gasteiger partial charge >= 0.3 is 6.03 Å². The second-order valence-corrected chi connectivity index (χ2v) is 13.4. The molecule has 0 radical (unpaired) electrons. The zero-order chi connectivity index (χ0) is 29.5. The van der Waals surface area contributed by atoms with Crippen molar-refractivity contribution in [2.45, 2.75) is 114 Å². The van der Waals surface area contributed by atoms with Gasteiger partial charge in [0.15, 0.2) is 6.29 Å². The van der Waals surface area contributed by atoms with Crippen LogP contribution in [0.15, 0.2) is 30.3 Å². The third-order valence-electron chi connectivity index (χ3n) is 10.3. The molecular formula is C32H47ClF2N4O4. The maximum atomic E-state index is 13.7. The van der Waals surface area contributed by atoms with Crippen molar-refractivity contribution < 1.29 is 27.8 Å². The molecule has 6 rings (SSSR count). The minimum absolute atomic E-state index is 0. The van der Waals surface area contributed by atoms with Gasteiger partial charge in [0, 0.05) is 50.0 Å². The highest BCUT2D eigenvalue weighted by atomic mass is 35.5. The Morgan fingerprint density at radius 3 is 2.26 bits per heavy atom. The van der Waals surface area contributed by atoms with Crippen molar-refractivity contribution >= 4 is 24.3 Å². The number of fused-ring (bicyclic) bond motifs is 2. The van der Waals surface area contributed by atoms with Gasteiger partial charge in [-0.1, -0.05) is 30.3 Å². The number of benzene rings is 1. The zero-order valence-electron chi connectivity index (χ0n) is 25.4. The number of hydrogen-bond donors (Lipinski definition) is 1. The summed E-state index contributed by atoms with van der Waals surface area (Å²) >= 11 is 0. The number of nitrogens with one attached hydrogen (secondary N) is 1. The number of nitrogens with zero attached hydrogens (tertiary/aromatic N) is 3. The molecule has 3 atom stereocenters. The van der Waals surface area contributed by atoms with Crippen molar-refractivity contribution in [1.82, 2.24) is 20.0 Å². The van der Waals surface area contributed by atoms with Gasteiger partial charge in [-0.25, -0.2) is 13.6 Å². The normalized spacial score (nSPS) is 30.3. The van der Waals surface area contributed by atoms with Crippen LogP contribution < -0.4 is 5.32 Å². The fourth-order valence-electron chi connectivity index (χ4n) is 8.44. The van der Waals surface area contributed by atoms with Gasteiger partial charge in [0.05, 0.1) is 31.3 Å². The summed E-state index contributed by atoms with van der Waals surface area (Å²) in [5.74, 6) is -3.11. The Morgan fingerprint density at radius 1 is 1.02 bits per heavy atom. The molecule has 240 valence electrons. The van der Waals surface area contributed by atoms with Crippen LogP contribution in [0.25, 0.3) is 0 Å². The summed E-state index contributed by atoms with van der Waals surface area (Å²) in [5.41, 5.74) is 0.856. The molecule has 2 bridgehead atoms. The Morgan fingerprint density at radius 2 is 1.65 bits per heavy atom. The number of hydrogen-bond acceptors (Lipinski definition) is 5. The highest BCUT2D eigenvalue weighted by Gasteiger charge is 2.58. The number of carbonyl (C=O) groups excluding carboxylic acids is 2. The highest BCUT2D eigenvalue weighted by Crippen LogP contribution is 2.48. The first-order chi connectivity index (χ1) is 20.1. The van der Waals surface area contributed by atoms with E-state index in [0.717, 1.165) is 44.2 Å². The molecule has 0 aromatic heterocycles. The van der Waals surface area contributed by atoms with Crippen molar-refractivity contribution in [3.05, 3.63) is 35.9 Å². The van der Waals surface area contributed by atoms with E-state index in [1.54, 1.807) is 0 Å². The second-order valence-electron chi connectivity index (χ2n) is 13.4. The minimum atomic E-state index is -2.65. The quantitative estimate of drug-likeness (QED) is 0.400. The molecule has 2 unspecified atom stereocenters. The minimum Gasteiger partial charge on any atom is -0.349 e. The Kier molecular flexibility index (Phi) is 9.90. The molecule has 1 aromatic carbocycles. The molecule has 1 aromatic rings. The second kappa shape index (κ2) is 13.2. The van der Waals surface area contributed by atoms with E-state index < -0.39 is 5.92 Å². The van der Waals surface area contributed by atoms with E-state index in [1.807, 2.05) is 35.2 Å². The van der Waals surface area contributed by atoms with Crippen LogP contribution in [0.3, 0.4) is 0 Å². The molecular weight excluding hydrogens is 578 g/mol. The first kappa shape index (κ1) is 32.4. The molecule has 3 amide bonds. The van der Waals surface area contributed by atoms with Crippen LogP contribution in [-0.4, -0.2) is 95.4 Å². The Balaban J connectivity index is 0.00000368. The summed E-state index contributed by atoms with van der Waals surface area (Å²) in [6, 6.07) is 10.8. The number of ether oxygens (including phenoxy) is 2. The molecule has 1 spiro atoms. The van der Waals surface area contributed by atoms with Crippen LogP contribution in [0.4, 0.5) is 13.6 Å². The number of piperidine rings is 1. The largest absolute Gasteiger partial charge is 0.349 e. The van der Waals surface area contributed by atoms with Gasteiger partial charge in [-0.3, -0.25) is 9.69 Å². The summed E-state index contributed by atoms with van der Waals surface area (Å²) in [5, 5.41) is 3.24. The SMILES string of the molecule is CC(C)N1C(=O)N(CC2OCCO2)CC12CC1CCC(C2)N1CC[C@H](NC(=O)C1CCC(F)(F)CC1)c1ccccc1.Cl. The molecule has 1 saturated carbocycles. The first-order valence-electron chi connectivity index (χ1n) is 15.9. The van der Waals surface area contributed by atoms with E-state index in [-0.39, 0.29) is 79.9 Å². The number of carbonyl (C=O) groups is 2. The third-order valence-corrected chi connectivity index (χ3v) is 10.3. The molecule has 4 heterocycles. The number of rotatable bonds is 9. The van der Waals surface area contributed by atoms with Gasteiger partial charge in [0.2, 0.25) is 11.8 Å². The van der Waals surface area contributed by atoms with E-state index in [1.165, 1.54) is 0 Å². The average molecular weight is 625 g/mol. The molecule has 11 heteroatoms. The van der Waals surface area contributed by atoms with Crippen LogP contribution in [0.2, 0.25) is 0 Å². The van der Waals surface area contributed by atoms with Crippen molar-refractivity contribution in [2.24, 2.45) is 5.92 Å². The van der Waals surface area contributed by atoms with Gasteiger partial charge in [-0.05, 0) is 64.4 Å². The van der Waals surface area contributed by atoms with Crippen LogP contribution >= 0.6 is 12.4 Å². The van der Waals surface area contributed by atoms with Gasteiger partial charge in [-0.2, -0.15) is 0 Å². The van der Waals surface area contributed by atoms with Gasteiger partial charge < -0.3 is 24.6 Å². The Bertz CT molecular complexity index is 1100. The van der Waals surface area contributed by atoms with Gasteiger partial charge in [-0.15, -0.1) is 12.4 Å². The average Bonchev–Trinajstić information content (AvgIpc) is 3.63. The maximum absolute atomic E-state index is 13.7. The number of halogens is 3. The summed E-state index contributed by atoms with van der Waals surface area (Å²) in [7, 11) is 0. The lowest BCUT2D eigenvalue weighted by Crippen LogP contribution is -2.60. The number of alkyl halides is 2. The molecule has 1 aliphatic carbocycles. The van der Waals surface area contributed by atoms with Crippen molar-refractivity contribution in [3.8, 4) is 0 Å². The number of amides is 3. The molecule has 1 N–H and O–H groups in total. The van der Waals surface area contributed by atoms with Crippen LogP contribution in [-0.2, 0) is 14.3 Å². The van der Waals surface area contributed by atoms with E-state index in [9.17, 15) is 18.4 Å². The molecule has 5 fully saturated rings. The summed E-state index contributed by atoms with van der Waals surface area (Å²) in [6.45, 7) is 7.40. The van der Waals surface area contributed by atoms with Crippen LogP contribution in [0.1, 0.15) is 83.2 Å². The molecule has 43 heavy (non-hydrogen) atoms. The van der Waals surface area contributed by atoms with Crippen molar-refractivity contribution in [2.75, 3.05) is 32.8 Å². The monoisotopic (exact) mass is 624 g/mol. The fraction of sp³-hybridized carbons (Fsp3) is 0.750. The van der Waals surface area contributed by atoms with E-state index in [2.05, 4.69) is 29.0 Å². The lowest BCUT2D eigenvalue weighted by Gasteiger charge is -2.49. The van der Waals surface area contributed by atoms with Gasteiger partial charge in [0.1, 0.15) is 0 Å². The number of urea groups is 1. The van der Waals surface area contributed by atoms with Gasteiger partial charge in [0.25, 0.3) is 0 Å². The van der Waals surface area contributed by atoms with E-state index in [4.69, 9.17) is 9.47 Å². The van der Waals surface area contributed by atoms with Crippen molar-refractivity contribution in [3.63, 3.8) is 0 Å². The smallest absolute Gasteiger partial charge is 0.321 e. The predicted octanol–water partition coefficient (Wildman–Crippen LogP) is 5.37. The molecule has 4 aliphatic heterocycles. The lowest BCUT2D eigenvalue weighted by atomic mass is 9.81. The fourth-order valence-corrected chi connectivity index (χ4v) is 8.44. The van der Waals surface area contributed by atoms with E-state index in [0.29, 0.717) is 38.4 Å². The van der Waals surface area contributed by atoms with Crippen LogP contribution in [0, 0.1) is 5.92 Å². The summed E-state index contributed by atoms with van der Waals surface area (Å²) < 4.78 is 38.8. The summed E-state index contributed by atoms with van der Waals surface area (Å²) in [4.78, 5) is 33.5. The lowest BCUT2D eigenvalue weighted by molar-refractivity contribution is -0.130. The molecule has 4 saturated heterocycles. The summed E-state index contributed by atoms with van der Waals surface area (Å²) in [6.07, 6.45) is 4.56. The van der Waals surface area contributed by atoms with E-state index >= 15 is 0 Å². The zero-order valence-corrected chi connectivity index (χ0v) is 26.2. The molecule has 8 nitrogen and oxygen atoms in total. The highest BCUT2D eigenvalue weighted by molar-refractivity contribution is 5.85. The van der Waals surface area contributed by atoms with Crippen LogP contribution in [0.5, 0.6) is 0 Å². The Labute approximate surface area is 260 Å². The predicted molar refractivity (Wildman–Crippen MR) is 161 cm³/mol. The van der Waals surface area contributed by atoms with Crippen molar-refractivity contribution in [1.29, 1.82) is 0 Å². The first-order valence-corrected chi connectivity index (χ1v) is 15.9. The molecule has 5 aliphatic rings. The Hall–Kier alpha value is -2.01. The third kappa shape index (κ3) is 6.82. The maximum Gasteiger partial charge on any atom is 0.321 e. The standard InChI is InChI=1S/C32H46F2N4O4.ClH/c1-22(2)38-30(40)36(20-28-41-16-17-42-28)21-31(38)18-25-8-9-26(19-31)37(25)15-12-27(23-6-4-3-5-7-23)35-29(39)24-10-13-32(33,34)14-11-24;/h3-7,22,24-28H,8-21H2,1-2H3,(H,35,39);1H/t25?,26?,27-,31?;/m0./s1. The topological polar surface area (TPSA) is 74.4 Å².